The van der Waals surface area contributed by atoms with Gasteiger partial charge in [-0.3, -0.25) is 9.59 Å². The quantitative estimate of drug-likeness (QED) is 0.649. The predicted molar refractivity (Wildman–Crippen MR) is 75.2 cm³/mol. The summed E-state index contributed by atoms with van der Waals surface area (Å²) in [5.41, 5.74) is 5.77. The van der Waals surface area contributed by atoms with Crippen molar-refractivity contribution in [1.29, 1.82) is 5.26 Å². The van der Waals surface area contributed by atoms with Crippen LogP contribution in [0.5, 0.6) is 0 Å². The molecule has 1 aromatic rings. The van der Waals surface area contributed by atoms with Crippen molar-refractivity contribution in [3.05, 3.63) is 17.0 Å². The number of amides is 1. The van der Waals surface area contributed by atoms with Crippen molar-refractivity contribution in [1.82, 2.24) is 0 Å². The lowest BCUT2D eigenvalue weighted by Crippen LogP contribution is -2.32. The normalized spacial score (nSPS) is 11.6. The molecule has 0 unspecified atom stereocenters. The van der Waals surface area contributed by atoms with Crippen LogP contribution in [0, 0.1) is 11.3 Å². The Morgan fingerprint density at radius 1 is 1.63 bits per heavy atom. The Bertz CT molecular complexity index is 496. The molecule has 0 bridgehead atoms. The van der Waals surface area contributed by atoms with Gasteiger partial charge in [-0.2, -0.15) is 17.0 Å². The maximum atomic E-state index is 11.6. The molecule has 0 saturated heterocycles. The Labute approximate surface area is 118 Å². The fourth-order valence-corrected chi connectivity index (χ4v) is 2.78. The fraction of sp³-hybridized carbons (Fsp3) is 0.364. The lowest BCUT2D eigenvalue weighted by atomic mass is 10.3. The lowest BCUT2D eigenvalue weighted by Gasteiger charge is -2.06. The Morgan fingerprint density at radius 2 is 2.37 bits per heavy atom. The Balaban J connectivity index is 2.26. The van der Waals surface area contributed by atoms with Crippen LogP contribution < -0.4 is 11.1 Å². The highest BCUT2D eigenvalue weighted by Gasteiger charge is 2.12. The molecule has 0 aliphatic heterocycles. The number of thioether (sulfide) groups is 1. The van der Waals surface area contributed by atoms with E-state index in [2.05, 4.69) is 5.32 Å². The van der Waals surface area contributed by atoms with Crippen LogP contribution in [0.25, 0.3) is 0 Å². The molecule has 0 aliphatic rings. The first-order valence-corrected chi connectivity index (χ1v) is 7.41. The number of hydrogen-bond donors (Lipinski definition) is 3. The smallest absolute Gasteiger partial charge is 0.321 e. The van der Waals surface area contributed by atoms with Crippen molar-refractivity contribution in [2.24, 2.45) is 5.73 Å². The van der Waals surface area contributed by atoms with Crippen LogP contribution in [0.15, 0.2) is 11.4 Å². The number of nitriles is 1. The van der Waals surface area contributed by atoms with Gasteiger partial charge in [-0.05, 0) is 11.4 Å². The summed E-state index contributed by atoms with van der Waals surface area (Å²) in [6.07, 6.45) is 0.250. The number of nitrogens with one attached hydrogen (secondary N) is 1. The summed E-state index contributed by atoms with van der Waals surface area (Å²) in [5, 5.41) is 22.3. The zero-order chi connectivity index (χ0) is 14.3. The van der Waals surface area contributed by atoms with Gasteiger partial charge in [0.2, 0.25) is 5.91 Å². The number of carbonyl (C=O) groups is 2. The molecule has 1 amide bonds. The predicted octanol–water partition coefficient (Wildman–Crippen LogP) is 1.09. The Morgan fingerprint density at radius 3 is 3.00 bits per heavy atom. The minimum Gasteiger partial charge on any atom is -0.480 e. The molecule has 6 nitrogen and oxygen atoms in total. The maximum absolute atomic E-state index is 11.6. The summed E-state index contributed by atoms with van der Waals surface area (Å²) in [4.78, 5) is 22.0. The fourth-order valence-electron chi connectivity index (χ4n) is 1.13. The largest absolute Gasteiger partial charge is 0.480 e. The monoisotopic (exact) mass is 299 g/mol. The number of anilines is 1. The van der Waals surface area contributed by atoms with Crippen molar-refractivity contribution < 1.29 is 14.7 Å². The SMILES string of the molecule is N#Cc1ccsc1NC(=O)CCSC[C@@H](N)C(=O)O. The highest BCUT2D eigenvalue weighted by molar-refractivity contribution is 7.99. The number of nitrogens with two attached hydrogens (primary N) is 1. The highest BCUT2D eigenvalue weighted by atomic mass is 32.2. The van der Waals surface area contributed by atoms with E-state index in [9.17, 15) is 9.59 Å². The van der Waals surface area contributed by atoms with Crippen LogP contribution >= 0.6 is 23.1 Å². The zero-order valence-electron chi connectivity index (χ0n) is 9.96. The van der Waals surface area contributed by atoms with Gasteiger partial charge in [0.25, 0.3) is 0 Å². The van der Waals surface area contributed by atoms with E-state index in [1.165, 1.54) is 23.1 Å². The summed E-state index contributed by atoms with van der Waals surface area (Å²) in [6.45, 7) is 0. The summed E-state index contributed by atoms with van der Waals surface area (Å²) < 4.78 is 0. The third-order valence-electron chi connectivity index (χ3n) is 2.13. The summed E-state index contributed by atoms with van der Waals surface area (Å²) in [7, 11) is 0. The van der Waals surface area contributed by atoms with E-state index in [-0.39, 0.29) is 18.1 Å². The third-order valence-corrected chi connectivity index (χ3v) is 4.04. The van der Waals surface area contributed by atoms with E-state index < -0.39 is 12.0 Å². The number of rotatable bonds is 7. The van der Waals surface area contributed by atoms with Gasteiger partial charge in [0.05, 0.1) is 5.56 Å². The van der Waals surface area contributed by atoms with Crippen LogP contribution in [-0.4, -0.2) is 34.5 Å². The summed E-state index contributed by atoms with van der Waals surface area (Å²) in [6, 6.07) is 2.72. The highest BCUT2D eigenvalue weighted by Crippen LogP contribution is 2.22. The van der Waals surface area contributed by atoms with Gasteiger partial charge in [0.1, 0.15) is 17.1 Å². The summed E-state index contributed by atoms with van der Waals surface area (Å²) >= 11 is 2.60. The molecule has 0 fully saturated rings. The van der Waals surface area contributed by atoms with Crippen molar-refractivity contribution in [3.8, 4) is 6.07 Å². The molecule has 0 spiro atoms. The van der Waals surface area contributed by atoms with Crippen molar-refractivity contribution >= 4 is 40.0 Å². The minimum atomic E-state index is -1.05. The molecule has 0 saturated carbocycles. The first kappa shape index (κ1) is 15.5. The van der Waals surface area contributed by atoms with Crippen molar-refractivity contribution in [2.75, 3.05) is 16.8 Å². The van der Waals surface area contributed by atoms with E-state index >= 15 is 0 Å². The van der Waals surface area contributed by atoms with Gasteiger partial charge < -0.3 is 16.2 Å². The van der Waals surface area contributed by atoms with Crippen molar-refractivity contribution in [2.45, 2.75) is 12.5 Å². The second kappa shape index (κ2) is 7.78. The molecule has 8 heteroatoms. The Kier molecular flexibility index (Phi) is 6.35. The van der Waals surface area contributed by atoms with Gasteiger partial charge in [0.15, 0.2) is 0 Å². The van der Waals surface area contributed by atoms with Crippen LogP contribution in [0.4, 0.5) is 5.00 Å². The molecule has 0 radical (unpaired) electrons. The van der Waals surface area contributed by atoms with E-state index in [4.69, 9.17) is 16.1 Å². The van der Waals surface area contributed by atoms with Gasteiger partial charge in [-0.15, -0.1) is 11.3 Å². The Hall–Kier alpha value is -1.56. The molecule has 1 aromatic heterocycles. The molecule has 1 atom stereocenters. The van der Waals surface area contributed by atoms with Crippen LogP contribution in [0.2, 0.25) is 0 Å². The van der Waals surface area contributed by atoms with E-state index in [1.807, 2.05) is 6.07 Å². The van der Waals surface area contributed by atoms with E-state index in [0.717, 1.165) is 0 Å². The van der Waals surface area contributed by atoms with Crippen LogP contribution in [0.3, 0.4) is 0 Å². The summed E-state index contributed by atoms with van der Waals surface area (Å²) in [5.74, 6) is -0.491. The van der Waals surface area contributed by atoms with Gasteiger partial charge in [-0.25, -0.2) is 0 Å². The molecule has 0 aliphatic carbocycles. The molecule has 19 heavy (non-hydrogen) atoms. The first-order valence-electron chi connectivity index (χ1n) is 5.38. The average Bonchev–Trinajstić information content (AvgIpc) is 2.81. The van der Waals surface area contributed by atoms with Crippen LogP contribution in [-0.2, 0) is 9.59 Å². The molecular formula is C11H13N3O3S2. The molecule has 102 valence electrons. The third kappa shape index (κ3) is 5.30. The molecule has 4 N–H and O–H groups in total. The lowest BCUT2D eigenvalue weighted by molar-refractivity contribution is -0.137. The average molecular weight is 299 g/mol. The van der Waals surface area contributed by atoms with Crippen LogP contribution in [0.1, 0.15) is 12.0 Å². The molecule has 1 rings (SSSR count). The molecular weight excluding hydrogens is 286 g/mol. The zero-order valence-corrected chi connectivity index (χ0v) is 11.6. The molecule has 1 heterocycles. The van der Waals surface area contributed by atoms with Gasteiger partial charge in [0, 0.05) is 17.9 Å². The second-order valence-corrected chi connectivity index (χ2v) is 5.66. The van der Waals surface area contributed by atoms with Gasteiger partial charge in [-0.1, -0.05) is 0 Å². The number of aliphatic carboxylic acids is 1. The number of hydrogen-bond acceptors (Lipinski definition) is 6. The first-order chi connectivity index (χ1) is 9.04. The van der Waals surface area contributed by atoms with E-state index in [1.54, 1.807) is 11.4 Å². The maximum Gasteiger partial charge on any atom is 0.321 e. The number of carbonyl (C=O) groups excluding carboxylic acids is 1. The topological polar surface area (TPSA) is 116 Å². The number of thiophene rings is 1. The second-order valence-electron chi connectivity index (χ2n) is 3.59. The molecule has 0 aromatic carbocycles. The minimum absolute atomic E-state index is 0.199. The number of carboxylic acid groups (broad SMARTS) is 1. The van der Waals surface area contributed by atoms with Crippen molar-refractivity contribution in [3.63, 3.8) is 0 Å². The number of nitrogens with zero attached hydrogens (tertiary/aromatic N) is 1. The van der Waals surface area contributed by atoms with E-state index in [0.29, 0.717) is 16.3 Å². The standard InChI is InChI=1S/C11H13N3O3S2/c12-5-7-1-4-19-10(7)14-9(15)2-3-18-6-8(13)11(16)17/h1,4,8H,2-3,6,13H2,(H,14,15)(H,16,17)/t8-/m1/s1. The van der Waals surface area contributed by atoms with Gasteiger partial charge >= 0.3 is 5.97 Å². The number of carboxylic acids is 1.